The van der Waals surface area contributed by atoms with E-state index in [9.17, 15) is 9.59 Å². The van der Waals surface area contributed by atoms with Gasteiger partial charge in [-0.15, -0.1) is 0 Å². The zero-order valence-corrected chi connectivity index (χ0v) is 18.6. The highest BCUT2D eigenvalue weighted by molar-refractivity contribution is 6.08. The molecule has 31 heavy (non-hydrogen) atoms. The van der Waals surface area contributed by atoms with E-state index in [0.717, 1.165) is 19.6 Å². The van der Waals surface area contributed by atoms with Gasteiger partial charge in [0.05, 0.1) is 27.8 Å². The number of hydrogen-bond acceptors (Lipinski definition) is 6. The molecule has 1 heterocycles. The van der Waals surface area contributed by atoms with Crippen LogP contribution in [0.15, 0.2) is 36.4 Å². The number of ketones is 1. The number of nitrogens with zero attached hydrogens (tertiary/aromatic N) is 2. The normalized spacial score (nSPS) is 14.3. The number of methoxy groups -OCH3 is 3. The van der Waals surface area contributed by atoms with Gasteiger partial charge in [0.1, 0.15) is 0 Å². The smallest absolute Gasteiger partial charge is 0.230 e. The fourth-order valence-electron chi connectivity index (χ4n) is 3.82. The van der Waals surface area contributed by atoms with Crippen molar-refractivity contribution in [2.24, 2.45) is 0 Å². The number of ether oxygens (including phenoxy) is 3. The molecule has 0 aromatic heterocycles. The summed E-state index contributed by atoms with van der Waals surface area (Å²) in [6.07, 6.45) is -0.184. The Hall–Kier alpha value is -3.06. The average molecular weight is 427 g/mol. The van der Waals surface area contributed by atoms with Crippen LogP contribution < -0.4 is 14.2 Å². The van der Waals surface area contributed by atoms with E-state index in [1.165, 1.54) is 32.5 Å². The number of amides is 1. The monoisotopic (exact) mass is 426 g/mol. The molecule has 0 bridgehead atoms. The number of carbonyl (C=O) groups excluding carboxylic acids is 2. The average Bonchev–Trinajstić information content (AvgIpc) is 2.78. The van der Waals surface area contributed by atoms with Crippen molar-refractivity contribution in [3.05, 3.63) is 53.1 Å². The molecule has 1 fully saturated rings. The predicted octanol–water partition coefficient (Wildman–Crippen LogP) is 2.94. The Morgan fingerprint density at radius 1 is 0.903 bits per heavy atom. The fraction of sp³-hybridized carbons (Fsp3) is 0.417. The summed E-state index contributed by atoms with van der Waals surface area (Å²) in [5, 5.41) is 0. The van der Waals surface area contributed by atoms with Crippen LogP contribution in [0.2, 0.25) is 0 Å². The molecule has 1 saturated heterocycles. The molecule has 3 rings (SSSR count). The minimum absolute atomic E-state index is 0.158. The number of carbonyl (C=O) groups is 2. The number of piperazine rings is 1. The van der Waals surface area contributed by atoms with Gasteiger partial charge in [0, 0.05) is 38.3 Å². The Kier molecular flexibility index (Phi) is 7.52. The van der Waals surface area contributed by atoms with Crippen molar-refractivity contribution in [3.63, 3.8) is 0 Å². The number of hydrogen-bond donors (Lipinski definition) is 0. The molecule has 2 aromatic rings. The van der Waals surface area contributed by atoms with Crippen molar-refractivity contribution in [2.75, 3.05) is 47.5 Å². The number of aryl methyl sites for hydroxylation is 1. The molecule has 0 N–H and O–H groups in total. The van der Waals surface area contributed by atoms with Crippen LogP contribution in [0.25, 0.3) is 0 Å². The molecule has 0 spiro atoms. The number of benzene rings is 2. The van der Waals surface area contributed by atoms with E-state index in [4.69, 9.17) is 14.2 Å². The second-order valence-electron chi connectivity index (χ2n) is 7.66. The van der Waals surface area contributed by atoms with Crippen molar-refractivity contribution < 1.29 is 23.8 Å². The Bertz CT molecular complexity index is 910. The molecule has 1 amide bonds. The molecule has 0 atom stereocenters. The molecule has 0 unspecified atom stereocenters. The maximum absolute atomic E-state index is 12.8. The summed E-state index contributed by atoms with van der Waals surface area (Å²) in [4.78, 5) is 29.6. The molecule has 1 aliphatic heterocycles. The highest BCUT2D eigenvalue weighted by Gasteiger charge is 2.24. The Labute approximate surface area is 183 Å². The largest absolute Gasteiger partial charge is 0.493 e. The lowest BCUT2D eigenvalue weighted by atomic mass is 10.1. The second kappa shape index (κ2) is 10.3. The van der Waals surface area contributed by atoms with Crippen molar-refractivity contribution in [1.82, 2.24) is 9.80 Å². The molecule has 7 nitrogen and oxygen atoms in total. The minimum atomic E-state index is -0.272. The zero-order valence-electron chi connectivity index (χ0n) is 18.6. The maximum Gasteiger partial charge on any atom is 0.230 e. The third kappa shape index (κ3) is 5.55. The molecule has 7 heteroatoms. The van der Waals surface area contributed by atoms with Gasteiger partial charge in [-0.2, -0.15) is 0 Å². The van der Waals surface area contributed by atoms with Crippen molar-refractivity contribution in [2.45, 2.75) is 19.9 Å². The first kappa shape index (κ1) is 22.6. The first-order chi connectivity index (χ1) is 14.9. The molecule has 1 aliphatic rings. The summed E-state index contributed by atoms with van der Waals surface area (Å²) >= 11 is 0. The standard InChI is InChI=1S/C24H30N2O5/c1-17-6-5-7-18(12-17)16-25-8-10-26(11-9-25)23(28)15-20(27)19-13-21(29-2)24(31-4)22(14-19)30-3/h5-7,12-14H,8-11,15-16H2,1-4H3. The van der Waals surface area contributed by atoms with Crippen LogP contribution in [0.1, 0.15) is 27.9 Å². The molecule has 166 valence electrons. The third-order valence-corrected chi connectivity index (χ3v) is 5.51. The van der Waals surface area contributed by atoms with Crippen LogP contribution in [0.3, 0.4) is 0 Å². The van der Waals surface area contributed by atoms with Crippen LogP contribution in [-0.2, 0) is 11.3 Å². The number of rotatable bonds is 8. The highest BCUT2D eigenvalue weighted by Crippen LogP contribution is 2.38. The second-order valence-corrected chi connectivity index (χ2v) is 7.66. The van der Waals surface area contributed by atoms with Gasteiger partial charge in [-0.3, -0.25) is 14.5 Å². The van der Waals surface area contributed by atoms with Gasteiger partial charge >= 0.3 is 0 Å². The van der Waals surface area contributed by atoms with Crippen LogP contribution in [0.5, 0.6) is 17.2 Å². The van der Waals surface area contributed by atoms with Crippen LogP contribution in [0, 0.1) is 6.92 Å². The summed E-state index contributed by atoms with van der Waals surface area (Å²) < 4.78 is 15.9. The van der Waals surface area contributed by atoms with Crippen molar-refractivity contribution >= 4 is 11.7 Å². The topological polar surface area (TPSA) is 68.3 Å². The van der Waals surface area contributed by atoms with Crippen molar-refractivity contribution in [3.8, 4) is 17.2 Å². The molecular formula is C24H30N2O5. The Morgan fingerprint density at radius 2 is 1.55 bits per heavy atom. The van der Waals surface area contributed by atoms with E-state index in [-0.39, 0.29) is 18.1 Å². The van der Waals surface area contributed by atoms with Crippen molar-refractivity contribution in [1.29, 1.82) is 0 Å². The summed E-state index contributed by atoms with van der Waals surface area (Å²) in [6.45, 7) is 5.77. The van der Waals surface area contributed by atoms with E-state index in [0.29, 0.717) is 35.9 Å². The van der Waals surface area contributed by atoms with Gasteiger partial charge in [0.2, 0.25) is 11.7 Å². The Morgan fingerprint density at radius 3 is 2.10 bits per heavy atom. The van der Waals surface area contributed by atoms with E-state index < -0.39 is 0 Å². The lowest BCUT2D eigenvalue weighted by Gasteiger charge is -2.34. The SMILES string of the molecule is COc1cc(C(=O)CC(=O)N2CCN(Cc3cccc(C)c3)CC2)cc(OC)c1OC. The van der Waals surface area contributed by atoms with Crippen LogP contribution in [0.4, 0.5) is 0 Å². The van der Waals surface area contributed by atoms with Gasteiger partial charge in [0.25, 0.3) is 0 Å². The van der Waals surface area contributed by atoms with Gasteiger partial charge in [-0.25, -0.2) is 0 Å². The maximum atomic E-state index is 12.8. The summed E-state index contributed by atoms with van der Waals surface area (Å²) in [7, 11) is 4.49. The predicted molar refractivity (Wildman–Crippen MR) is 118 cm³/mol. The third-order valence-electron chi connectivity index (χ3n) is 5.51. The summed E-state index contributed by atoms with van der Waals surface area (Å²) in [6, 6.07) is 11.6. The first-order valence-corrected chi connectivity index (χ1v) is 10.3. The molecule has 2 aromatic carbocycles. The van der Waals surface area contributed by atoms with Gasteiger partial charge in [-0.1, -0.05) is 29.8 Å². The van der Waals surface area contributed by atoms with Gasteiger partial charge < -0.3 is 19.1 Å². The van der Waals surface area contributed by atoms with E-state index in [1.807, 2.05) is 0 Å². The van der Waals surface area contributed by atoms with Crippen LogP contribution in [-0.4, -0.2) is 69.0 Å². The zero-order chi connectivity index (χ0) is 22.4. The molecule has 0 radical (unpaired) electrons. The lowest BCUT2D eigenvalue weighted by Crippen LogP contribution is -2.48. The quantitative estimate of drug-likeness (QED) is 0.478. The van der Waals surface area contributed by atoms with Gasteiger partial charge in [-0.05, 0) is 24.6 Å². The van der Waals surface area contributed by atoms with Crippen LogP contribution >= 0.6 is 0 Å². The van der Waals surface area contributed by atoms with E-state index in [1.54, 1.807) is 17.0 Å². The molecule has 0 aliphatic carbocycles. The van der Waals surface area contributed by atoms with Gasteiger partial charge in [0.15, 0.2) is 17.3 Å². The summed E-state index contributed by atoms with van der Waals surface area (Å²) in [5.74, 6) is 0.767. The Balaban J connectivity index is 1.58. The van der Waals surface area contributed by atoms with E-state index in [2.05, 4.69) is 36.1 Å². The lowest BCUT2D eigenvalue weighted by molar-refractivity contribution is -0.132. The molecule has 0 saturated carbocycles. The highest BCUT2D eigenvalue weighted by atomic mass is 16.5. The first-order valence-electron chi connectivity index (χ1n) is 10.3. The number of Topliss-reactive ketones (excluding diaryl/α,β-unsaturated/α-hetero) is 1. The minimum Gasteiger partial charge on any atom is -0.493 e. The fourth-order valence-corrected chi connectivity index (χ4v) is 3.82. The molecular weight excluding hydrogens is 396 g/mol. The van der Waals surface area contributed by atoms with E-state index >= 15 is 0 Å². The summed E-state index contributed by atoms with van der Waals surface area (Å²) in [5.41, 5.74) is 2.88.